The second-order valence-corrected chi connectivity index (χ2v) is 6.30. The molecule has 0 radical (unpaired) electrons. The summed E-state index contributed by atoms with van der Waals surface area (Å²) in [6.45, 7) is 6.10. The van der Waals surface area contributed by atoms with E-state index in [1.54, 1.807) is 0 Å². The van der Waals surface area contributed by atoms with E-state index in [0.717, 1.165) is 12.8 Å². The fraction of sp³-hybridized carbons (Fsp3) is 0.769. The molecule has 1 saturated carbocycles. The zero-order chi connectivity index (χ0) is 11.6. The lowest BCUT2D eigenvalue weighted by molar-refractivity contribution is -0.157. The van der Waals surface area contributed by atoms with Gasteiger partial charge in [0.15, 0.2) is 5.60 Å². The molecule has 0 N–H and O–H groups in total. The van der Waals surface area contributed by atoms with E-state index in [9.17, 15) is 4.79 Å². The third kappa shape index (κ3) is 1.21. The van der Waals surface area contributed by atoms with Crippen molar-refractivity contribution < 1.29 is 14.3 Å². The van der Waals surface area contributed by atoms with E-state index in [1.165, 1.54) is 0 Å². The summed E-state index contributed by atoms with van der Waals surface area (Å²) >= 11 is 0. The molecule has 4 atom stereocenters. The van der Waals surface area contributed by atoms with E-state index in [-0.39, 0.29) is 17.3 Å². The quantitative estimate of drug-likeness (QED) is 0.466. The molecule has 88 valence electrons. The molecule has 3 nitrogen and oxygen atoms in total. The monoisotopic (exact) mass is 222 g/mol. The van der Waals surface area contributed by atoms with Gasteiger partial charge in [0.05, 0.1) is 0 Å². The highest BCUT2D eigenvalue weighted by molar-refractivity contribution is 5.83. The Morgan fingerprint density at radius 3 is 2.56 bits per heavy atom. The molecule has 2 fully saturated rings. The van der Waals surface area contributed by atoms with Crippen molar-refractivity contribution in [3.8, 4) is 0 Å². The average Bonchev–Trinajstić information content (AvgIpc) is 2.81. The maximum atomic E-state index is 12.1. The second kappa shape index (κ2) is 2.89. The Hall–Kier alpha value is -0.830. The van der Waals surface area contributed by atoms with E-state index < -0.39 is 11.9 Å². The third-order valence-electron chi connectivity index (χ3n) is 3.92. The van der Waals surface area contributed by atoms with E-state index in [0.29, 0.717) is 5.92 Å². The van der Waals surface area contributed by atoms with Crippen molar-refractivity contribution in [2.24, 2.45) is 17.3 Å². The summed E-state index contributed by atoms with van der Waals surface area (Å²) in [5, 5.41) is 0. The standard InChI is InChI=1S/C13H18O3/c1-12(2,3)11-15-10(14)13(16-11)7-8-4-5-9(13)6-8/h4-5,8-9,11H,6-7H2,1-3H3/t8-,9+,11-,13-/m1/s1. The smallest absolute Gasteiger partial charge is 0.341 e. The van der Waals surface area contributed by atoms with Crippen LogP contribution in [0.3, 0.4) is 0 Å². The molecule has 0 aromatic rings. The fourth-order valence-corrected chi connectivity index (χ4v) is 3.00. The first-order chi connectivity index (χ1) is 7.42. The van der Waals surface area contributed by atoms with Gasteiger partial charge < -0.3 is 9.47 Å². The molecule has 2 aliphatic carbocycles. The minimum Gasteiger partial charge on any atom is -0.433 e. The van der Waals surface area contributed by atoms with Gasteiger partial charge in [-0.15, -0.1) is 0 Å². The zero-order valence-corrected chi connectivity index (χ0v) is 10.0. The van der Waals surface area contributed by atoms with Gasteiger partial charge in [0.1, 0.15) is 0 Å². The number of fused-ring (bicyclic) bond motifs is 3. The van der Waals surface area contributed by atoms with Gasteiger partial charge in [-0.05, 0) is 18.8 Å². The summed E-state index contributed by atoms with van der Waals surface area (Å²) in [4.78, 5) is 12.1. The maximum Gasteiger partial charge on any atom is 0.341 e. The summed E-state index contributed by atoms with van der Waals surface area (Å²) < 4.78 is 11.4. The normalized spacial score (nSPS) is 45.7. The number of ether oxygens (including phenoxy) is 2. The molecule has 0 aromatic carbocycles. The molecule has 0 aromatic heterocycles. The number of allylic oxidation sites excluding steroid dienone is 1. The molecule has 16 heavy (non-hydrogen) atoms. The Bertz CT molecular complexity index is 366. The Kier molecular flexibility index (Phi) is 1.87. The largest absolute Gasteiger partial charge is 0.433 e. The first-order valence-electron chi connectivity index (χ1n) is 5.99. The van der Waals surface area contributed by atoms with Gasteiger partial charge in [0, 0.05) is 11.3 Å². The van der Waals surface area contributed by atoms with Gasteiger partial charge in [-0.1, -0.05) is 32.9 Å². The first kappa shape index (κ1) is 10.3. The maximum absolute atomic E-state index is 12.1. The van der Waals surface area contributed by atoms with Crippen LogP contribution in [0.15, 0.2) is 12.2 Å². The lowest BCUT2D eigenvalue weighted by Gasteiger charge is -2.29. The summed E-state index contributed by atoms with van der Waals surface area (Å²) in [7, 11) is 0. The van der Waals surface area contributed by atoms with Crippen molar-refractivity contribution in [1.29, 1.82) is 0 Å². The van der Waals surface area contributed by atoms with Crippen molar-refractivity contribution >= 4 is 5.97 Å². The van der Waals surface area contributed by atoms with Crippen LogP contribution in [0.5, 0.6) is 0 Å². The number of hydrogen-bond donors (Lipinski definition) is 0. The minimum atomic E-state index is -0.655. The van der Waals surface area contributed by atoms with Crippen LogP contribution in [0.2, 0.25) is 0 Å². The van der Waals surface area contributed by atoms with E-state index in [1.807, 2.05) is 20.8 Å². The second-order valence-electron chi connectivity index (χ2n) is 6.30. The van der Waals surface area contributed by atoms with Crippen LogP contribution in [0, 0.1) is 17.3 Å². The van der Waals surface area contributed by atoms with Crippen molar-refractivity contribution in [3.05, 3.63) is 12.2 Å². The lowest BCUT2D eigenvalue weighted by Crippen LogP contribution is -2.41. The third-order valence-corrected chi connectivity index (χ3v) is 3.92. The van der Waals surface area contributed by atoms with Crippen molar-refractivity contribution in [3.63, 3.8) is 0 Å². The zero-order valence-electron chi connectivity index (χ0n) is 10.0. The lowest BCUT2D eigenvalue weighted by atomic mass is 9.88. The minimum absolute atomic E-state index is 0.148. The molecule has 1 spiro atoms. The molecule has 1 heterocycles. The first-order valence-corrected chi connectivity index (χ1v) is 5.99. The molecular formula is C13H18O3. The Morgan fingerprint density at radius 2 is 2.12 bits per heavy atom. The van der Waals surface area contributed by atoms with Crippen molar-refractivity contribution in [2.75, 3.05) is 0 Å². The Balaban J connectivity index is 1.89. The van der Waals surface area contributed by atoms with Crippen LogP contribution in [-0.2, 0) is 14.3 Å². The number of esters is 1. The van der Waals surface area contributed by atoms with Crippen LogP contribution in [0.25, 0.3) is 0 Å². The summed E-state index contributed by atoms with van der Waals surface area (Å²) in [6.07, 6.45) is 5.79. The van der Waals surface area contributed by atoms with E-state index >= 15 is 0 Å². The molecule has 3 heteroatoms. The Labute approximate surface area is 95.8 Å². The van der Waals surface area contributed by atoms with Gasteiger partial charge in [-0.25, -0.2) is 4.79 Å². The van der Waals surface area contributed by atoms with Gasteiger partial charge >= 0.3 is 5.97 Å². The molecule has 1 saturated heterocycles. The van der Waals surface area contributed by atoms with Crippen LogP contribution >= 0.6 is 0 Å². The SMILES string of the molecule is CC(C)(C)[C@@H]1OC(=O)[C@]2(C[C@@H]3C=C[C@H]2C3)O1. The number of cyclic esters (lactones) is 1. The molecule has 2 bridgehead atoms. The van der Waals surface area contributed by atoms with E-state index in [4.69, 9.17) is 9.47 Å². The van der Waals surface area contributed by atoms with E-state index in [2.05, 4.69) is 12.2 Å². The predicted octanol–water partition coefficient (Wildman–Crippen LogP) is 2.27. The van der Waals surface area contributed by atoms with Gasteiger partial charge in [0.2, 0.25) is 6.29 Å². The molecule has 3 rings (SSSR count). The van der Waals surface area contributed by atoms with Gasteiger partial charge in [-0.2, -0.15) is 0 Å². The van der Waals surface area contributed by atoms with Crippen LogP contribution in [0.4, 0.5) is 0 Å². The number of carbonyl (C=O) groups excluding carboxylic acids is 1. The van der Waals surface area contributed by atoms with Crippen molar-refractivity contribution in [1.82, 2.24) is 0 Å². The molecular weight excluding hydrogens is 204 g/mol. The topological polar surface area (TPSA) is 35.5 Å². The molecule has 0 unspecified atom stereocenters. The summed E-state index contributed by atoms with van der Waals surface area (Å²) in [6, 6.07) is 0. The van der Waals surface area contributed by atoms with Crippen LogP contribution in [-0.4, -0.2) is 17.9 Å². The fourth-order valence-electron chi connectivity index (χ4n) is 3.00. The highest BCUT2D eigenvalue weighted by Gasteiger charge is 2.62. The molecule has 0 amide bonds. The summed E-state index contributed by atoms with van der Waals surface area (Å²) in [5.41, 5.74) is -0.804. The number of hydrogen-bond acceptors (Lipinski definition) is 3. The molecule has 3 aliphatic rings. The highest BCUT2D eigenvalue weighted by Crippen LogP contribution is 2.53. The van der Waals surface area contributed by atoms with Crippen molar-refractivity contribution in [2.45, 2.75) is 45.5 Å². The summed E-state index contributed by atoms with van der Waals surface area (Å²) in [5.74, 6) is 0.595. The van der Waals surface area contributed by atoms with Gasteiger partial charge in [-0.3, -0.25) is 0 Å². The van der Waals surface area contributed by atoms with Gasteiger partial charge in [0.25, 0.3) is 0 Å². The Morgan fingerprint density at radius 1 is 1.38 bits per heavy atom. The highest BCUT2D eigenvalue weighted by atomic mass is 16.8. The molecule has 1 aliphatic heterocycles. The average molecular weight is 222 g/mol. The predicted molar refractivity (Wildman–Crippen MR) is 58.5 cm³/mol. The van der Waals surface area contributed by atoms with Crippen LogP contribution in [0.1, 0.15) is 33.6 Å². The van der Waals surface area contributed by atoms with Crippen LogP contribution < -0.4 is 0 Å². The number of carbonyl (C=O) groups is 1. The number of rotatable bonds is 0.